The number of ether oxygens (including phenoxy) is 2. The molecule has 1 heterocycles. The minimum absolute atomic E-state index is 0. The minimum Gasteiger partial charge on any atom is -0.454 e. The van der Waals surface area contributed by atoms with Gasteiger partial charge >= 0.3 is 6.18 Å². The summed E-state index contributed by atoms with van der Waals surface area (Å²) in [5.41, 5.74) is -0.543. The SMILES string of the molecule is CNC(=O)c1cccc(-c2ccc(NC(=O)C3(c4ccc5c(c4)OCO5)CC3)cc2C(F)(F)F)c1.[HH].[HH]. The standard InChI is InChI=1S/C26H21F3N2O4.2H2/c1-30-23(32)16-4-2-3-15(11-16)19-7-6-18(13-20(19)26(27,28)29)31-24(33)25(9-10-25)17-5-8-21-22(12-17)35-14-34-21;;/h2-8,11-13H,9-10,14H2,1H3,(H,30,32)(H,31,33);2*1H. The van der Waals surface area contributed by atoms with Crippen LogP contribution in [-0.2, 0) is 16.4 Å². The number of amides is 2. The summed E-state index contributed by atoms with van der Waals surface area (Å²) < 4.78 is 52.7. The van der Waals surface area contributed by atoms with Crippen LogP contribution in [0.25, 0.3) is 11.1 Å². The lowest BCUT2D eigenvalue weighted by Crippen LogP contribution is -2.28. The topological polar surface area (TPSA) is 76.7 Å². The zero-order valence-electron chi connectivity index (χ0n) is 18.7. The van der Waals surface area contributed by atoms with Crippen molar-refractivity contribution in [3.05, 3.63) is 77.4 Å². The molecule has 2 amide bonds. The monoisotopic (exact) mass is 486 g/mol. The van der Waals surface area contributed by atoms with E-state index >= 15 is 0 Å². The Balaban J connectivity index is 0.00000190. The molecule has 1 saturated carbocycles. The van der Waals surface area contributed by atoms with Crippen molar-refractivity contribution in [2.24, 2.45) is 0 Å². The second-order valence-electron chi connectivity index (χ2n) is 8.52. The highest BCUT2D eigenvalue weighted by atomic mass is 19.4. The Morgan fingerprint density at radius 3 is 2.46 bits per heavy atom. The molecule has 2 N–H and O–H groups in total. The van der Waals surface area contributed by atoms with Crippen LogP contribution in [0.1, 0.15) is 37.2 Å². The van der Waals surface area contributed by atoms with Crippen LogP contribution in [0.2, 0.25) is 0 Å². The van der Waals surface area contributed by atoms with E-state index in [1.54, 1.807) is 18.2 Å². The van der Waals surface area contributed by atoms with Crippen molar-refractivity contribution in [1.82, 2.24) is 5.32 Å². The maximum Gasteiger partial charge on any atom is 0.417 e. The molecule has 6 nitrogen and oxygen atoms in total. The lowest BCUT2D eigenvalue weighted by atomic mass is 9.94. The summed E-state index contributed by atoms with van der Waals surface area (Å²) in [4.78, 5) is 25.1. The molecular formula is C26H25F3N2O4. The third-order valence-corrected chi connectivity index (χ3v) is 6.36. The van der Waals surface area contributed by atoms with E-state index in [4.69, 9.17) is 9.47 Å². The largest absolute Gasteiger partial charge is 0.454 e. The van der Waals surface area contributed by atoms with E-state index in [0.29, 0.717) is 24.3 Å². The Hall–Kier alpha value is -4.01. The normalized spacial score (nSPS) is 15.4. The second kappa shape index (κ2) is 8.33. The molecule has 35 heavy (non-hydrogen) atoms. The highest BCUT2D eigenvalue weighted by molar-refractivity contribution is 6.02. The number of carbonyl (C=O) groups excluding carboxylic acids is 2. The number of rotatable bonds is 5. The summed E-state index contributed by atoms with van der Waals surface area (Å²) in [7, 11) is 1.45. The lowest BCUT2D eigenvalue weighted by Gasteiger charge is -2.19. The molecule has 0 spiro atoms. The first-order valence-corrected chi connectivity index (χ1v) is 11.0. The summed E-state index contributed by atoms with van der Waals surface area (Å²) >= 11 is 0. The summed E-state index contributed by atoms with van der Waals surface area (Å²) in [6.07, 6.45) is -3.52. The number of carbonyl (C=O) groups is 2. The molecule has 0 bridgehead atoms. The molecule has 1 fully saturated rings. The van der Waals surface area contributed by atoms with Crippen molar-refractivity contribution in [3.8, 4) is 22.6 Å². The molecule has 0 radical (unpaired) electrons. The Labute approximate surface area is 202 Å². The highest BCUT2D eigenvalue weighted by Crippen LogP contribution is 2.51. The molecule has 3 aromatic carbocycles. The molecule has 5 rings (SSSR count). The van der Waals surface area contributed by atoms with Gasteiger partial charge in [0, 0.05) is 21.2 Å². The second-order valence-corrected chi connectivity index (χ2v) is 8.52. The van der Waals surface area contributed by atoms with Crippen LogP contribution in [0.5, 0.6) is 11.5 Å². The van der Waals surface area contributed by atoms with Gasteiger partial charge in [0.25, 0.3) is 5.91 Å². The first kappa shape index (κ1) is 22.8. The Morgan fingerprint density at radius 1 is 0.971 bits per heavy atom. The number of benzene rings is 3. The molecule has 1 aliphatic heterocycles. The molecule has 9 heteroatoms. The fourth-order valence-corrected chi connectivity index (χ4v) is 4.30. The van der Waals surface area contributed by atoms with Gasteiger partial charge in [-0.05, 0) is 65.9 Å². The highest BCUT2D eigenvalue weighted by Gasteiger charge is 2.51. The maximum atomic E-state index is 14.0. The van der Waals surface area contributed by atoms with Crippen LogP contribution in [0, 0.1) is 0 Å². The van der Waals surface area contributed by atoms with E-state index in [9.17, 15) is 22.8 Å². The zero-order valence-corrected chi connectivity index (χ0v) is 18.7. The van der Waals surface area contributed by atoms with E-state index in [1.165, 1.54) is 43.4 Å². The van der Waals surface area contributed by atoms with E-state index in [0.717, 1.165) is 11.6 Å². The minimum atomic E-state index is -4.67. The van der Waals surface area contributed by atoms with Crippen LogP contribution < -0.4 is 20.1 Å². The lowest BCUT2D eigenvalue weighted by molar-refractivity contribution is -0.137. The van der Waals surface area contributed by atoms with Gasteiger partial charge in [-0.2, -0.15) is 13.2 Å². The van der Waals surface area contributed by atoms with E-state index in [1.807, 2.05) is 0 Å². The molecular weight excluding hydrogens is 461 g/mol. The van der Waals surface area contributed by atoms with Crippen molar-refractivity contribution >= 4 is 17.5 Å². The van der Waals surface area contributed by atoms with Gasteiger partial charge < -0.3 is 20.1 Å². The summed E-state index contributed by atoms with van der Waals surface area (Å²) in [6, 6.07) is 14.9. The maximum absolute atomic E-state index is 14.0. The molecule has 1 aliphatic carbocycles. The Kier molecular flexibility index (Phi) is 5.42. The van der Waals surface area contributed by atoms with Gasteiger partial charge in [0.1, 0.15) is 0 Å². The number of hydrogen-bond donors (Lipinski definition) is 2. The van der Waals surface area contributed by atoms with Gasteiger partial charge in [0.05, 0.1) is 11.0 Å². The number of anilines is 1. The molecule has 0 atom stereocenters. The summed E-state index contributed by atoms with van der Waals surface area (Å²) in [5, 5.41) is 5.12. The molecule has 184 valence electrons. The Bertz CT molecular complexity index is 1340. The first-order valence-electron chi connectivity index (χ1n) is 11.0. The van der Waals surface area contributed by atoms with Gasteiger partial charge in [0.2, 0.25) is 12.7 Å². The average molecular weight is 486 g/mol. The van der Waals surface area contributed by atoms with Gasteiger partial charge in [0.15, 0.2) is 11.5 Å². The number of nitrogens with one attached hydrogen (secondary N) is 2. The van der Waals surface area contributed by atoms with Crippen LogP contribution in [-0.4, -0.2) is 25.7 Å². The number of fused-ring (bicyclic) bond motifs is 1. The van der Waals surface area contributed by atoms with Crippen LogP contribution in [0.15, 0.2) is 60.7 Å². The quantitative estimate of drug-likeness (QED) is 0.491. The molecule has 0 unspecified atom stereocenters. The molecule has 0 aromatic heterocycles. The van der Waals surface area contributed by atoms with Crippen molar-refractivity contribution in [1.29, 1.82) is 0 Å². The van der Waals surface area contributed by atoms with Crippen molar-refractivity contribution in [2.45, 2.75) is 24.4 Å². The number of alkyl halides is 3. The van der Waals surface area contributed by atoms with Gasteiger partial charge in [-0.15, -0.1) is 0 Å². The average Bonchev–Trinajstić information content (AvgIpc) is 3.54. The zero-order chi connectivity index (χ0) is 24.8. The van der Waals surface area contributed by atoms with E-state index in [-0.39, 0.29) is 37.9 Å². The smallest absolute Gasteiger partial charge is 0.417 e. The van der Waals surface area contributed by atoms with Crippen LogP contribution in [0.3, 0.4) is 0 Å². The summed E-state index contributed by atoms with van der Waals surface area (Å²) in [6.45, 7) is 0.108. The third kappa shape index (κ3) is 4.18. The summed E-state index contributed by atoms with van der Waals surface area (Å²) in [5.74, 6) is 0.363. The van der Waals surface area contributed by atoms with E-state index in [2.05, 4.69) is 10.6 Å². The van der Waals surface area contributed by atoms with Gasteiger partial charge in [-0.1, -0.05) is 24.3 Å². The molecule has 0 saturated heterocycles. The first-order chi connectivity index (χ1) is 16.7. The van der Waals surface area contributed by atoms with E-state index < -0.39 is 23.1 Å². The van der Waals surface area contributed by atoms with Crippen LogP contribution >= 0.6 is 0 Å². The fraction of sp³-hybridized carbons (Fsp3) is 0.231. The fourth-order valence-electron chi connectivity index (χ4n) is 4.30. The third-order valence-electron chi connectivity index (χ3n) is 6.36. The predicted octanol–water partition coefficient (Wildman–Crippen LogP) is 5.62. The van der Waals surface area contributed by atoms with Crippen molar-refractivity contribution in [3.63, 3.8) is 0 Å². The van der Waals surface area contributed by atoms with Crippen molar-refractivity contribution in [2.75, 3.05) is 19.2 Å². The number of halogens is 3. The van der Waals surface area contributed by atoms with Gasteiger partial charge in [-0.3, -0.25) is 9.59 Å². The molecule has 2 aliphatic rings. The number of hydrogen-bond acceptors (Lipinski definition) is 4. The predicted molar refractivity (Wildman–Crippen MR) is 127 cm³/mol. The van der Waals surface area contributed by atoms with Crippen molar-refractivity contribution < 1.29 is 35.1 Å². The molecule has 3 aromatic rings. The van der Waals surface area contributed by atoms with Gasteiger partial charge in [-0.25, -0.2) is 0 Å². The Morgan fingerprint density at radius 2 is 1.74 bits per heavy atom. The van der Waals surface area contributed by atoms with Crippen LogP contribution in [0.4, 0.5) is 18.9 Å².